The molecule has 106 valence electrons. The maximum atomic E-state index is 11.8. The standard InChI is InChI=1S/C15H25N3O/c1-4-6-11(3)18-14-8-7-12(10-13(14)16)15(19)17-9-5-2/h7-8,10-11,18H,4-6,9,16H2,1-3H3,(H,17,19)/t11-/m1/s1. The number of nitrogens with two attached hydrogens (primary N) is 1. The fraction of sp³-hybridized carbons (Fsp3) is 0.533. The van der Waals surface area contributed by atoms with Gasteiger partial charge in [-0.1, -0.05) is 20.3 Å². The first kappa shape index (κ1) is 15.3. The van der Waals surface area contributed by atoms with E-state index in [1.165, 1.54) is 0 Å². The summed E-state index contributed by atoms with van der Waals surface area (Å²) in [4.78, 5) is 11.8. The molecule has 4 N–H and O–H groups in total. The number of benzene rings is 1. The molecule has 0 aliphatic carbocycles. The van der Waals surface area contributed by atoms with E-state index in [4.69, 9.17) is 5.73 Å². The topological polar surface area (TPSA) is 67.2 Å². The van der Waals surface area contributed by atoms with Crippen molar-refractivity contribution in [1.82, 2.24) is 5.32 Å². The summed E-state index contributed by atoms with van der Waals surface area (Å²) in [6.07, 6.45) is 3.15. The molecule has 0 unspecified atom stereocenters. The lowest BCUT2D eigenvalue weighted by atomic mass is 10.1. The quantitative estimate of drug-likeness (QED) is 0.662. The Bertz CT molecular complexity index is 418. The zero-order chi connectivity index (χ0) is 14.3. The first-order chi connectivity index (χ1) is 9.08. The summed E-state index contributed by atoms with van der Waals surface area (Å²) in [7, 11) is 0. The maximum Gasteiger partial charge on any atom is 0.251 e. The van der Waals surface area contributed by atoms with Crippen LogP contribution in [0.4, 0.5) is 11.4 Å². The normalized spacial score (nSPS) is 11.9. The van der Waals surface area contributed by atoms with Crippen molar-refractivity contribution < 1.29 is 4.79 Å². The van der Waals surface area contributed by atoms with Gasteiger partial charge in [0.1, 0.15) is 0 Å². The van der Waals surface area contributed by atoms with Gasteiger partial charge in [0.2, 0.25) is 0 Å². The fourth-order valence-electron chi connectivity index (χ4n) is 1.95. The van der Waals surface area contributed by atoms with Crippen molar-refractivity contribution in [1.29, 1.82) is 0 Å². The van der Waals surface area contributed by atoms with E-state index in [0.29, 0.717) is 23.8 Å². The Labute approximate surface area is 115 Å². The van der Waals surface area contributed by atoms with Gasteiger partial charge in [0.25, 0.3) is 5.91 Å². The van der Waals surface area contributed by atoms with Crippen molar-refractivity contribution in [2.45, 2.75) is 46.1 Å². The molecule has 1 rings (SSSR count). The number of carbonyl (C=O) groups excluding carboxylic acids is 1. The average Bonchev–Trinajstić information content (AvgIpc) is 2.38. The molecule has 1 amide bonds. The highest BCUT2D eigenvalue weighted by molar-refractivity contribution is 5.96. The predicted molar refractivity (Wildman–Crippen MR) is 81.5 cm³/mol. The SMILES string of the molecule is CCCNC(=O)c1ccc(N[C@H](C)CCC)c(N)c1. The molecule has 0 bridgehead atoms. The van der Waals surface area contributed by atoms with E-state index < -0.39 is 0 Å². The molecular weight excluding hydrogens is 238 g/mol. The molecule has 0 aromatic heterocycles. The van der Waals surface area contributed by atoms with E-state index in [0.717, 1.165) is 24.9 Å². The molecule has 0 radical (unpaired) electrons. The van der Waals surface area contributed by atoms with Gasteiger partial charge >= 0.3 is 0 Å². The highest BCUT2D eigenvalue weighted by Crippen LogP contribution is 2.21. The molecule has 1 aromatic rings. The Morgan fingerprint density at radius 3 is 2.63 bits per heavy atom. The highest BCUT2D eigenvalue weighted by Gasteiger charge is 2.09. The van der Waals surface area contributed by atoms with Gasteiger partial charge in [0.05, 0.1) is 11.4 Å². The van der Waals surface area contributed by atoms with E-state index in [2.05, 4.69) is 24.5 Å². The number of amides is 1. The molecule has 0 aliphatic rings. The third-order valence-electron chi connectivity index (χ3n) is 2.97. The largest absolute Gasteiger partial charge is 0.397 e. The number of hydrogen-bond acceptors (Lipinski definition) is 3. The van der Waals surface area contributed by atoms with Crippen LogP contribution in [-0.4, -0.2) is 18.5 Å². The molecule has 0 aliphatic heterocycles. The molecule has 4 heteroatoms. The molecule has 1 aromatic carbocycles. The zero-order valence-corrected chi connectivity index (χ0v) is 12.1. The molecule has 0 saturated carbocycles. The Kier molecular flexibility index (Phi) is 6.19. The van der Waals surface area contributed by atoms with Crippen LogP contribution in [0.1, 0.15) is 50.4 Å². The van der Waals surface area contributed by atoms with Crippen LogP contribution in [0.3, 0.4) is 0 Å². The van der Waals surface area contributed by atoms with Crippen molar-refractivity contribution in [2.24, 2.45) is 0 Å². The Morgan fingerprint density at radius 1 is 1.32 bits per heavy atom. The van der Waals surface area contributed by atoms with Crippen LogP contribution in [0.15, 0.2) is 18.2 Å². The zero-order valence-electron chi connectivity index (χ0n) is 12.1. The summed E-state index contributed by atoms with van der Waals surface area (Å²) in [5.74, 6) is -0.0679. The summed E-state index contributed by atoms with van der Waals surface area (Å²) in [5, 5.41) is 6.21. The molecule has 0 heterocycles. The molecule has 19 heavy (non-hydrogen) atoms. The third kappa shape index (κ3) is 4.81. The van der Waals surface area contributed by atoms with Gasteiger partial charge in [0.15, 0.2) is 0 Å². The number of anilines is 2. The number of nitrogens with one attached hydrogen (secondary N) is 2. The van der Waals surface area contributed by atoms with Gasteiger partial charge in [-0.05, 0) is 38.0 Å². The molecular formula is C15H25N3O. The monoisotopic (exact) mass is 263 g/mol. The van der Waals surface area contributed by atoms with Gasteiger partial charge in [0, 0.05) is 18.2 Å². The van der Waals surface area contributed by atoms with Gasteiger partial charge in [-0.3, -0.25) is 4.79 Å². The molecule has 0 spiro atoms. The van der Waals surface area contributed by atoms with E-state index in [-0.39, 0.29) is 5.91 Å². The van der Waals surface area contributed by atoms with Crippen molar-refractivity contribution >= 4 is 17.3 Å². The third-order valence-corrected chi connectivity index (χ3v) is 2.97. The summed E-state index contributed by atoms with van der Waals surface area (Å²) >= 11 is 0. The minimum Gasteiger partial charge on any atom is -0.397 e. The van der Waals surface area contributed by atoms with Crippen LogP contribution in [0.5, 0.6) is 0 Å². The van der Waals surface area contributed by atoms with Gasteiger partial charge in [-0.25, -0.2) is 0 Å². The second-order valence-electron chi connectivity index (χ2n) is 4.89. The number of nitrogen functional groups attached to an aromatic ring is 1. The second-order valence-corrected chi connectivity index (χ2v) is 4.89. The number of hydrogen-bond donors (Lipinski definition) is 3. The molecule has 0 fully saturated rings. The van der Waals surface area contributed by atoms with E-state index in [9.17, 15) is 4.79 Å². The number of carbonyl (C=O) groups is 1. The van der Waals surface area contributed by atoms with Crippen LogP contribution < -0.4 is 16.4 Å². The van der Waals surface area contributed by atoms with Crippen LogP contribution in [0, 0.1) is 0 Å². The van der Waals surface area contributed by atoms with Crippen LogP contribution in [-0.2, 0) is 0 Å². The van der Waals surface area contributed by atoms with E-state index in [1.54, 1.807) is 6.07 Å². The Balaban J connectivity index is 2.71. The van der Waals surface area contributed by atoms with Crippen LogP contribution in [0.25, 0.3) is 0 Å². The molecule has 4 nitrogen and oxygen atoms in total. The fourth-order valence-corrected chi connectivity index (χ4v) is 1.95. The summed E-state index contributed by atoms with van der Waals surface area (Å²) in [6, 6.07) is 5.79. The second kappa shape index (κ2) is 7.67. The maximum absolute atomic E-state index is 11.8. The molecule has 1 atom stereocenters. The van der Waals surface area contributed by atoms with Crippen molar-refractivity contribution in [2.75, 3.05) is 17.6 Å². The van der Waals surface area contributed by atoms with Gasteiger partial charge in [-0.15, -0.1) is 0 Å². The number of rotatable bonds is 7. The van der Waals surface area contributed by atoms with Crippen LogP contribution in [0.2, 0.25) is 0 Å². The minimum absolute atomic E-state index is 0.0679. The van der Waals surface area contributed by atoms with Crippen molar-refractivity contribution in [3.63, 3.8) is 0 Å². The predicted octanol–water partition coefficient (Wildman–Crippen LogP) is 3.01. The summed E-state index contributed by atoms with van der Waals surface area (Å²) in [5.41, 5.74) is 8.11. The van der Waals surface area contributed by atoms with Gasteiger partial charge < -0.3 is 16.4 Å². The van der Waals surface area contributed by atoms with Gasteiger partial charge in [-0.2, -0.15) is 0 Å². The van der Waals surface area contributed by atoms with Crippen LogP contribution >= 0.6 is 0 Å². The summed E-state index contributed by atoms with van der Waals surface area (Å²) < 4.78 is 0. The van der Waals surface area contributed by atoms with Crippen molar-refractivity contribution in [3.05, 3.63) is 23.8 Å². The van der Waals surface area contributed by atoms with E-state index >= 15 is 0 Å². The highest BCUT2D eigenvalue weighted by atomic mass is 16.1. The average molecular weight is 263 g/mol. The first-order valence-electron chi connectivity index (χ1n) is 7.02. The van der Waals surface area contributed by atoms with Crippen molar-refractivity contribution in [3.8, 4) is 0 Å². The lowest BCUT2D eigenvalue weighted by Crippen LogP contribution is -2.24. The minimum atomic E-state index is -0.0679. The lowest BCUT2D eigenvalue weighted by molar-refractivity contribution is 0.0953. The smallest absolute Gasteiger partial charge is 0.251 e. The Hall–Kier alpha value is -1.71. The molecule has 0 saturated heterocycles. The van der Waals surface area contributed by atoms with E-state index in [1.807, 2.05) is 19.1 Å². The Morgan fingerprint density at radius 2 is 2.05 bits per heavy atom. The first-order valence-corrected chi connectivity index (χ1v) is 7.02. The lowest BCUT2D eigenvalue weighted by Gasteiger charge is -2.16. The summed E-state index contributed by atoms with van der Waals surface area (Å²) in [6.45, 7) is 7.00.